The molecule has 0 bridgehead atoms. The van der Waals surface area contributed by atoms with Crippen LogP contribution in [0.15, 0.2) is 140 Å². The second kappa shape index (κ2) is 23.5. The molecule has 0 aliphatic carbocycles. The number of primary sulfonamides is 1. The van der Waals surface area contributed by atoms with E-state index in [1.54, 1.807) is 67.3 Å². The number of carbonyl (C=O) groups excluding carboxylic acids is 2. The van der Waals surface area contributed by atoms with Gasteiger partial charge < -0.3 is 15.5 Å². The van der Waals surface area contributed by atoms with E-state index < -0.39 is 88.7 Å². The third-order valence-corrected chi connectivity index (χ3v) is 20.8. The molecule has 8 N–H and O–H groups in total. The van der Waals surface area contributed by atoms with Gasteiger partial charge in [0.2, 0.25) is 15.9 Å². The Morgan fingerprint density at radius 2 is 1.47 bits per heavy atom. The summed E-state index contributed by atoms with van der Waals surface area (Å²) in [6.07, 6.45) is 9.81. The van der Waals surface area contributed by atoms with Crippen LogP contribution in [0.3, 0.4) is 0 Å². The lowest BCUT2D eigenvalue weighted by Gasteiger charge is -2.27. The molecule has 7 aromatic rings. The van der Waals surface area contributed by atoms with Crippen LogP contribution in [0.25, 0.3) is 37.3 Å². The van der Waals surface area contributed by atoms with Crippen molar-refractivity contribution in [3.05, 3.63) is 149 Å². The molecule has 0 saturated carbocycles. The number of thiazole rings is 1. The fraction of sp³-hybridized carbons (Fsp3) is 0.281. The maximum absolute atomic E-state index is 13.6. The molecule has 0 radical (unpaired) electrons. The highest BCUT2D eigenvalue weighted by atomic mass is 32.3. The van der Waals surface area contributed by atoms with Gasteiger partial charge in [-0.1, -0.05) is 51.5 Å². The maximum atomic E-state index is 13.6. The minimum Gasteiger partial charge on any atom is -0.352 e. The lowest BCUT2D eigenvalue weighted by Crippen LogP contribution is -2.30. The smallest absolute Gasteiger partial charge is 0.295 e. The Morgan fingerprint density at radius 1 is 0.756 bits per heavy atom. The number of pyridine rings is 1. The van der Waals surface area contributed by atoms with Crippen LogP contribution in [0.5, 0.6) is 0 Å². The van der Waals surface area contributed by atoms with E-state index in [1.807, 2.05) is 39.0 Å². The number of unbranched alkanes of at least 4 members (excludes halogenated alkanes) is 1. The van der Waals surface area contributed by atoms with Crippen LogP contribution in [-0.2, 0) is 72.7 Å². The Labute approximate surface area is 501 Å². The first-order chi connectivity index (χ1) is 40.1. The number of fused-ring (bicyclic) bond motifs is 7. The third-order valence-electron chi connectivity index (χ3n) is 15.1. The van der Waals surface area contributed by atoms with E-state index in [1.165, 1.54) is 36.5 Å². The van der Waals surface area contributed by atoms with Gasteiger partial charge in [0, 0.05) is 84.1 Å². The Kier molecular flexibility index (Phi) is 17.3. The largest absolute Gasteiger partial charge is 0.352 e. The van der Waals surface area contributed by atoms with E-state index in [9.17, 15) is 69.9 Å². The normalized spacial score (nSPS) is 16.0. The zero-order valence-electron chi connectivity index (χ0n) is 46.8. The number of amides is 2. The molecule has 454 valence electrons. The summed E-state index contributed by atoms with van der Waals surface area (Å²) in [5.74, 6) is -1.60. The monoisotopic (exact) mass is 1290 g/mol. The number of sulfonamides is 1. The van der Waals surface area contributed by atoms with Crippen molar-refractivity contribution in [2.75, 3.05) is 30.3 Å². The topological polar surface area (TPSA) is 368 Å². The zero-order chi connectivity index (χ0) is 62.7. The van der Waals surface area contributed by atoms with Crippen molar-refractivity contribution in [1.82, 2.24) is 20.6 Å². The number of carbonyl (C=O) groups is 2. The molecule has 2 aliphatic heterocycles. The van der Waals surface area contributed by atoms with Crippen molar-refractivity contribution in [3.63, 3.8) is 0 Å². The Balaban J connectivity index is 1.10. The fourth-order valence-electron chi connectivity index (χ4n) is 11.1. The Bertz CT molecular complexity index is 4710. The highest BCUT2D eigenvalue weighted by molar-refractivity contribution is 7.91. The maximum Gasteiger partial charge on any atom is 0.295 e. The highest BCUT2D eigenvalue weighted by Gasteiger charge is 2.46. The molecular formula is C57H60N7O16S6+. The van der Waals surface area contributed by atoms with Gasteiger partial charge in [-0.2, -0.15) is 38.2 Å². The van der Waals surface area contributed by atoms with Crippen LogP contribution < -0.4 is 20.7 Å². The summed E-state index contributed by atoms with van der Waals surface area (Å²) < 4.78 is 166. The van der Waals surface area contributed by atoms with Crippen LogP contribution in [0.2, 0.25) is 0 Å². The van der Waals surface area contributed by atoms with E-state index in [2.05, 4.69) is 20.2 Å². The average molecular weight is 1290 g/mol. The third kappa shape index (κ3) is 13.2. The van der Waals surface area contributed by atoms with E-state index in [0.29, 0.717) is 62.0 Å². The van der Waals surface area contributed by atoms with Crippen molar-refractivity contribution in [1.29, 1.82) is 0 Å². The average Bonchev–Trinajstić information content (AvgIpc) is 1.54. The van der Waals surface area contributed by atoms with Gasteiger partial charge in [-0.3, -0.25) is 32.8 Å². The molecule has 29 heteroatoms. The lowest BCUT2D eigenvalue weighted by atomic mass is 9.79. The van der Waals surface area contributed by atoms with E-state index >= 15 is 0 Å². The first kappa shape index (κ1) is 63.3. The number of rotatable bonds is 21. The van der Waals surface area contributed by atoms with Gasteiger partial charge >= 0.3 is 0 Å². The molecule has 2 amide bonds. The summed E-state index contributed by atoms with van der Waals surface area (Å²) in [6, 6.07) is 21.0. The summed E-state index contributed by atoms with van der Waals surface area (Å²) in [7, 11) is -23.2. The summed E-state index contributed by atoms with van der Waals surface area (Å²) in [5, 5.41) is 12.0. The van der Waals surface area contributed by atoms with Crippen molar-refractivity contribution >= 4 is 128 Å². The molecule has 4 heterocycles. The summed E-state index contributed by atoms with van der Waals surface area (Å²) >= 11 is 0.923. The standard InChI is InChI=1S/C57H59N7O16S6/c1-6-7-25-63-45-18-12-35-10-15-38(84(72,73)74)29-41(35)52(45)56(2,3)49(63)21-13-36(43-17-11-37(33-60-43)54(66)59-24-23-51(65)61-32-34-9-20-47-44(28-34)62-55(81-47)83(58,70)71)14-22-50-57(4,5)53-42-30-39(85(75,76)77)31-48(86(78,79)80)40(42)16-19-46(53)64(50)26-8-27-82(67,68)69/h9-22,28-31,33H,6-8,23-27,32H2,1-5H3,(H7-,58,59,61,65,66,67,68,69,70,71,72,73,74,75,76,77,78,79,80)/p+1. The molecule has 0 fully saturated rings. The van der Waals surface area contributed by atoms with Crippen LogP contribution in [-0.4, -0.2) is 118 Å². The second-order valence-electron chi connectivity index (χ2n) is 21.7. The molecule has 9 rings (SSSR count). The number of nitrogens with zero attached hydrogens (tertiary/aromatic N) is 4. The SMILES string of the molecule is CCCC[N+]1=C(/C=C/C(=C/C=C2/N(CCCS(=O)(=O)O)c3ccc4c(S(=O)(=O)O)cc(S(=O)(=O)O)cc4c3C2(C)C)c2ccc(C(=O)NCCC(=O)NCc3ccc4sc(S(N)(=O)=O)nc4c3)cn2)C(C)(C)c2c1ccc1ccc(S(=O)(=O)O)cc21. The molecule has 23 nitrogen and oxygen atoms in total. The summed E-state index contributed by atoms with van der Waals surface area (Å²) in [4.78, 5) is 35.1. The fourth-order valence-corrected chi connectivity index (χ4v) is 15.0. The number of hydrogen-bond acceptors (Lipinski definition) is 16. The predicted molar refractivity (Wildman–Crippen MR) is 326 cm³/mol. The predicted octanol–water partition coefficient (Wildman–Crippen LogP) is 7.60. The summed E-state index contributed by atoms with van der Waals surface area (Å²) in [5.41, 5.74) is 3.51. The molecule has 2 aromatic heterocycles. The molecule has 2 aliphatic rings. The lowest BCUT2D eigenvalue weighted by molar-refractivity contribution is -0.438. The van der Waals surface area contributed by atoms with Crippen LogP contribution in [0, 0.1) is 0 Å². The Hall–Kier alpha value is -7.16. The molecule has 5 aromatic carbocycles. The summed E-state index contributed by atoms with van der Waals surface area (Å²) in [6.45, 7) is 10.1. The first-order valence-corrected chi connectivity index (χ1v) is 34.9. The van der Waals surface area contributed by atoms with E-state index in [0.717, 1.165) is 52.6 Å². The number of aromatic nitrogens is 2. The van der Waals surface area contributed by atoms with Gasteiger partial charge in [-0.25, -0.2) is 18.5 Å². The molecule has 0 atom stereocenters. The number of nitrogens with two attached hydrogens (primary N) is 1. The van der Waals surface area contributed by atoms with Crippen molar-refractivity contribution < 1.29 is 74.5 Å². The van der Waals surface area contributed by atoms with Crippen molar-refractivity contribution in [2.45, 2.75) is 96.7 Å². The number of benzene rings is 5. The number of allylic oxidation sites excluding steroid dienone is 6. The van der Waals surface area contributed by atoms with E-state index in [-0.39, 0.29) is 58.0 Å². The molecule has 86 heavy (non-hydrogen) atoms. The molecule has 0 saturated heterocycles. The van der Waals surface area contributed by atoms with Gasteiger partial charge in [0.05, 0.1) is 42.4 Å². The van der Waals surface area contributed by atoms with Gasteiger partial charge in [0.25, 0.3) is 56.4 Å². The van der Waals surface area contributed by atoms with Crippen LogP contribution in [0.4, 0.5) is 11.4 Å². The van der Waals surface area contributed by atoms with Crippen molar-refractivity contribution in [2.24, 2.45) is 5.14 Å². The number of nitrogens with one attached hydrogen (secondary N) is 2. The van der Waals surface area contributed by atoms with Crippen LogP contribution in [0.1, 0.15) is 93.0 Å². The minimum absolute atomic E-state index is 0.0240. The van der Waals surface area contributed by atoms with Gasteiger partial charge in [-0.05, 0) is 120 Å². The second-order valence-corrected chi connectivity index (χ2v) is 30.3. The highest BCUT2D eigenvalue weighted by Crippen LogP contribution is 2.52. The number of hydrogen-bond donors (Lipinski definition) is 7. The van der Waals surface area contributed by atoms with Gasteiger partial charge in [0.1, 0.15) is 11.4 Å². The van der Waals surface area contributed by atoms with Crippen LogP contribution >= 0.6 is 11.3 Å². The van der Waals surface area contributed by atoms with Gasteiger partial charge in [-0.15, -0.1) is 11.3 Å². The van der Waals surface area contributed by atoms with E-state index in [4.69, 9.17) is 10.1 Å². The first-order valence-electron chi connectivity index (χ1n) is 26.6. The quantitative estimate of drug-likeness (QED) is 0.0207. The molecular weight excluding hydrogens is 1230 g/mol. The number of anilines is 1. The minimum atomic E-state index is -5.10. The van der Waals surface area contributed by atoms with Crippen molar-refractivity contribution in [3.8, 4) is 0 Å². The van der Waals surface area contributed by atoms with Gasteiger partial charge in [0.15, 0.2) is 5.71 Å². The molecule has 0 spiro atoms. The molecule has 0 unspecified atom stereocenters. The zero-order valence-corrected chi connectivity index (χ0v) is 51.7. The Morgan fingerprint density at radius 3 is 2.12 bits per heavy atom.